The zero-order valence-corrected chi connectivity index (χ0v) is 5.94. The lowest BCUT2D eigenvalue weighted by atomic mass is 10.2. The summed E-state index contributed by atoms with van der Waals surface area (Å²) >= 11 is 0. The molecule has 0 fully saturated rings. The molecular weight excluding hydrogens is 183 g/mol. The van der Waals surface area contributed by atoms with Crippen LogP contribution in [0.4, 0.5) is 22.0 Å². The van der Waals surface area contributed by atoms with Gasteiger partial charge in [-0.15, -0.1) is 0 Å². The molecule has 0 aromatic heterocycles. The Balaban J connectivity index is 4.37. The van der Waals surface area contributed by atoms with Crippen LogP contribution < -0.4 is 0 Å². The monoisotopic (exact) mass is 190 g/mol. The van der Waals surface area contributed by atoms with Crippen molar-refractivity contribution in [3.05, 3.63) is 12.8 Å². The minimum Gasteiger partial charge on any atom is -0.486 e. The highest BCUT2D eigenvalue weighted by Crippen LogP contribution is 2.26. The molecule has 0 saturated heterocycles. The molecule has 0 spiro atoms. The number of alkyl halides is 5. The van der Waals surface area contributed by atoms with E-state index in [-0.39, 0.29) is 0 Å². The Labute approximate surface area is 65.8 Å². The Morgan fingerprint density at radius 1 is 1.42 bits per heavy atom. The third-order valence-electron chi connectivity index (χ3n) is 1.07. The van der Waals surface area contributed by atoms with Crippen molar-refractivity contribution in [1.82, 2.24) is 0 Å². The van der Waals surface area contributed by atoms with Gasteiger partial charge in [-0.1, -0.05) is 6.58 Å². The molecule has 1 atom stereocenters. The Morgan fingerprint density at radius 3 is 2.17 bits per heavy atom. The first-order valence-electron chi connectivity index (χ1n) is 2.94. The predicted molar refractivity (Wildman–Crippen MR) is 32.0 cm³/mol. The highest BCUT2D eigenvalue weighted by molar-refractivity contribution is 4.81. The van der Waals surface area contributed by atoms with Gasteiger partial charge in [-0.3, -0.25) is 0 Å². The van der Waals surface area contributed by atoms with E-state index in [1.165, 1.54) is 0 Å². The number of ether oxygens (including phenoxy) is 1. The van der Waals surface area contributed by atoms with Crippen LogP contribution in [0.25, 0.3) is 0 Å². The van der Waals surface area contributed by atoms with Gasteiger partial charge in [-0.2, -0.15) is 8.78 Å². The molecule has 0 heterocycles. The highest BCUT2D eigenvalue weighted by Gasteiger charge is 2.47. The van der Waals surface area contributed by atoms with Crippen molar-refractivity contribution in [1.29, 1.82) is 0 Å². The van der Waals surface area contributed by atoms with Crippen LogP contribution in [-0.2, 0) is 4.74 Å². The van der Waals surface area contributed by atoms with Gasteiger partial charge in [-0.25, -0.2) is 13.2 Å². The largest absolute Gasteiger partial charge is 0.486 e. The molecule has 0 aliphatic carbocycles. The molecule has 12 heavy (non-hydrogen) atoms. The summed E-state index contributed by atoms with van der Waals surface area (Å²) in [6.07, 6.45) is -5.78. The van der Waals surface area contributed by atoms with E-state index in [1.807, 2.05) is 0 Å². The van der Waals surface area contributed by atoms with Gasteiger partial charge in [-0.05, 0) is 0 Å². The predicted octanol–water partition coefficient (Wildman–Crippen LogP) is 2.39. The van der Waals surface area contributed by atoms with Crippen LogP contribution >= 0.6 is 0 Å². The summed E-state index contributed by atoms with van der Waals surface area (Å²) in [4.78, 5) is 0. The van der Waals surface area contributed by atoms with Gasteiger partial charge in [0.2, 0.25) is 6.10 Å². The quantitative estimate of drug-likeness (QED) is 0.477. The molecule has 0 N–H and O–H groups in total. The van der Waals surface area contributed by atoms with Crippen molar-refractivity contribution in [3.8, 4) is 0 Å². The van der Waals surface area contributed by atoms with Gasteiger partial charge < -0.3 is 4.74 Å². The molecule has 1 nitrogen and oxygen atoms in total. The van der Waals surface area contributed by atoms with E-state index in [1.54, 1.807) is 0 Å². The van der Waals surface area contributed by atoms with E-state index < -0.39 is 25.1 Å². The second-order valence-electron chi connectivity index (χ2n) is 1.95. The topological polar surface area (TPSA) is 9.23 Å². The summed E-state index contributed by atoms with van der Waals surface area (Å²) in [5.41, 5.74) is 0. The van der Waals surface area contributed by atoms with Crippen molar-refractivity contribution >= 4 is 0 Å². The third-order valence-corrected chi connectivity index (χ3v) is 1.07. The first-order valence-corrected chi connectivity index (χ1v) is 2.94. The fourth-order valence-electron chi connectivity index (χ4n) is 0.523. The van der Waals surface area contributed by atoms with E-state index in [0.717, 1.165) is 0 Å². The summed E-state index contributed by atoms with van der Waals surface area (Å²) in [6.45, 7) is 0.635. The molecular formula is C6H7F5O. The average molecular weight is 190 g/mol. The van der Waals surface area contributed by atoms with Crippen molar-refractivity contribution in [2.75, 3.05) is 6.67 Å². The standard InChI is InChI=1S/C6H7F5O/c1-2-12-4(5(8)9)6(10,11)3-7/h2,4-5H,1,3H2. The van der Waals surface area contributed by atoms with E-state index in [0.29, 0.717) is 6.26 Å². The number of rotatable bonds is 5. The molecule has 0 aromatic rings. The van der Waals surface area contributed by atoms with E-state index in [4.69, 9.17) is 0 Å². The molecule has 0 amide bonds. The van der Waals surface area contributed by atoms with Crippen LogP contribution in [0.2, 0.25) is 0 Å². The molecule has 0 rings (SSSR count). The molecule has 6 heteroatoms. The first-order chi connectivity index (χ1) is 5.45. The average Bonchev–Trinajstić information content (AvgIpc) is 1.99. The second kappa shape index (κ2) is 4.27. The van der Waals surface area contributed by atoms with Gasteiger partial charge in [0.1, 0.15) is 0 Å². The summed E-state index contributed by atoms with van der Waals surface area (Å²) in [7, 11) is 0. The van der Waals surface area contributed by atoms with Crippen molar-refractivity contribution in [2.24, 2.45) is 0 Å². The lowest BCUT2D eigenvalue weighted by Gasteiger charge is -2.22. The van der Waals surface area contributed by atoms with Crippen molar-refractivity contribution in [2.45, 2.75) is 18.5 Å². The number of hydrogen-bond acceptors (Lipinski definition) is 1. The Hall–Kier alpha value is -0.810. The smallest absolute Gasteiger partial charge is 0.317 e. The minimum atomic E-state index is -4.18. The number of hydrogen-bond donors (Lipinski definition) is 0. The first kappa shape index (κ1) is 11.2. The van der Waals surface area contributed by atoms with Gasteiger partial charge in [0, 0.05) is 0 Å². The van der Waals surface area contributed by atoms with Gasteiger partial charge >= 0.3 is 5.92 Å². The lowest BCUT2D eigenvalue weighted by molar-refractivity contribution is -0.173. The Morgan fingerprint density at radius 2 is 1.92 bits per heavy atom. The number of halogens is 5. The zero-order chi connectivity index (χ0) is 9.78. The molecule has 0 radical (unpaired) electrons. The van der Waals surface area contributed by atoms with E-state index in [2.05, 4.69) is 11.3 Å². The lowest BCUT2D eigenvalue weighted by Crippen LogP contribution is -2.42. The normalized spacial score (nSPS) is 14.5. The van der Waals surface area contributed by atoms with Crippen LogP contribution in [0, 0.1) is 0 Å². The fourth-order valence-corrected chi connectivity index (χ4v) is 0.523. The molecule has 72 valence electrons. The molecule has 0 bridgehead atoms. The van der Waals surface area contributed by atoms with Gasteiger partial charge in [0.15, 0.2) is 6.67 Å². The molecule has 1 unspecified atom stereocenters. The summed E-state index contributed by atoms with van der Waals surface area (Å²) < 4.78 is 63.2. The molecule has 0 aromatic carbocycles. The SMILES string of the molecule is C=COC(C(F)F)C(F)(F)CF. The molecule has 0 aliphatic rings. The van der Waals surface area contributed by atoms with Crippen molar-refractivity contribution < 1.29 is 26.7 Å². The summed E-state index contributed by atoms with van der Waals surface area (Å²) in [5, 5.41) is 0. The van der Waals surface area contributed by atoms with Crippen LogP contribution in [0.5, 0.6) is 0 Å². The van der Waals surface area contributed by atoms with E-state index in [9.17, 15) is 22.0 Å². The fraction of sp³-hybridized carbons (Fsp3) is 0.667. The Kier molecular flexibility index (Phi) is 3.99. The van der Waals surface area contributed by atoms with Gasteiger partial charge in [0.25, 0.3) is 6.43 Å². The molecule has 0 saturated carbocycles. The van der Waals surface area contributed by atoms with E-state index >= 15 is 0 Å². The van der Waals surface area contributed by atoms with Crippen LogP contribution in [0.3, 0.4) is 0 Å². The maximum atomic E-state index is 12.2. The van der Waals surface area contributed by atoms with Crippen LogP contribution in [-0.4, -0.2) is 25.1 Å². The van der Waals surface area contributed by atoms with Gasteiger partial charge in [0.05, 0.1) is 6.26 Å². The summed E-state index contributed by atoms with van der Waals surface area (Å²) in [6, 6.07) is 0. The Bertz CT molecular complexity index is 147. The molecule has 0 aliphatic heterocycles. The second-order valence-corrected chi connectivity index (χ2v) is 1.95. The maximum Gasteiger partial charge on any atom is 0.317 e. The maximum absolute atomic E-state index is 12.2. The minimum absolute atomic E-state index is 0.431. The van der Waals surface area contributed by atoms with Crippen LogP contribution in [0.15, 0.2) is 12.8 Å². The highest BCUT2D eigenvalue weighted by atomic mass is 19.3. The van der Waals surface area contributed by atoms with Crippen LogP contribution in [0.1, 0.15) is 0 Å². The van der Waals surface area contributed by atoms with Crippen molar-refractivity contribution in [3.63, 3.8) is 0 Å². The summed E-state index contributed by atoms with van der Waals surface area (Å²) in [5.74, 6) is -4.18. The third kappa shape index (κ3) is 2.67. The zero-order valence-electron chi connectivity index (χ0n) is 5.94.